The topological polar surface area (TPSA) is 55.6 Å². The van der Waals surface area contributed by atoms with Crippen molar-refractivity contribution in [1.29, 1.82) is 0 Å². The molecule has 2 aromatic heterocycles. The van der Waals surface area contributed by atoms with Gasteiger partial charge < -0.3 is 4.74 Å². The summed E-state index contributed by atoms with van der Waals surface area (Å²) >= 11 is 0. The summed E-state index contributed by atoms with van der Waals surface area (Å²) in [6, 6.07) is 15.2. The number of ether oxygens (including phenoxy) is 1. The average molecular weight is 281 g/mol. The van der Waals surface area contributed by atoms with E-state index < -0.39 is 0 Å². The number of rotatable bonds is 5. The summed E-state index contributed by atoms with van der Waals surface area (Å²) in [5.74, 6) is 1.16. The van der Waals surface area contributed by atoms with Crippen LogP contribution in [0, 0.1) is 0 Å². The number of nitrogens with zero attached hydrogens (tertiary/aromatic N) is 2. The van der Waals surface area contributed by atoms with E-state index in [1.165, 1.54) is 0 Å². The van der Waals surface area contributed by atoms with Gasteiger partial charge in [-0.05, 0) is 24.3 Å². The van der Waals surface area contributed by atoms with Gasteiger partial charge in [-0.1, -0.05) is 24.3 Å². The van der Waals surface area contributed by atoms with E-state index in [1.807, 2.05) is 59.1 Å². The van der Waals surface area contributed by atoms with E-state index in [1.54, 1.807) is 6.20 Å². The molecule has 0 saturated carbocycles. The Bertz CT molecular complexity index is 737. The maximum atomic E-state index is 11.9. The van der Waals surface area contributed by atoms with Gasteiger partial charge in [-0.15, -0.1) is 0 Å². The third kappa shape index (κ3) is 3.20. The predicted octanol–water partition coefficient (Wildman–Crippen LogP) is 2.74. The van der Waals surface area contributed by atoms with Gasteiger partial charge in [0.05, 0.1) is 24.7 Å². The van der Waals surface area contributed by atoms with Crippen molar-refractivity contribution in [2.75, 3.05) is 11.9 Å². The number of anilines is 1. The number of carbonyl (C=O) groups is 1. The highest BCUT2D eigenvalue weighted by Gasteiger charge is 2.07. The van der Waals surface area contributed by atoms with Gasteiger partial charge in [0, 0.05) is 6.20 Å². The van der Waals surface area contributed by atoms with Crippen LogP contribution in [0.5, 0.6) is 5.75 Å². The van der Waals surface area contributed by atoms with Gasteiger partial charge in [-0.25, -0.2) is 4.98 Å². The summed E-state index contributed by atoms with van der Waals surface area (Å²) in [6.07, 6.45) is 3.85. The Morgan fingerprint density at radius 2 is 1.95 bits per heavy atom. The third-order valence-electron chi connectivity index (χ3n) is 3.03. The molecule has 0 spiro atoms. The van der Waals surface area contributed by atoms with Crippen LogP contribution in [0.3, 0.4) is 0 Å². The molecule has 1 aromatic carbocycles. The van der Waals surface area contributed by atoms with E-state index in [-0.39, 0.29) is 12.3 Å². The molecule has 2 heterocycles. The number of aromatic nitrogens is 2. The summed E-state index contributed by atoms with van der Waals surface area (Å²) in [5.41, 5.74) is 0.938. The van der Waals surface area contributed by atoms with Crippen molar-refractivity contribution in [3.63, 3.8) is 0 Å². The highest BCUT2D eigenvalue weighted by molar-refractivity contribution is 5.89. The molecule has 0 saturated heterocycles. The normalized spacial score (nSPS) is 10.5. The molecule has 5 nitrogen and oxygen atoms in total. The number of nitrogens with one attached hydrogen (secondary N) is 1. The van der Waals surface area contributed by atoms with Crippen LogP contribution in [0.1, 0.15) is 6.42 Å². The molecule has 5 heteroatoms. The number of amides is 1. The third-order valence-corrected chi connectivity index (χ3v) is 3.03. The van der Waals surface area contributed by atoms with E-state index in [4.69, 9.17) is 4.74 Å². The fraction of sp³-hybridized carbons (Fsp3) is 0.125. The summed E-state index contributed by atoms with van der Waals surface area (Å²) in [7, 11) is 0. The first-order valence-electron chi connectivity index (χ1n) is 6.73. The highest BCUT2D eigenvalue weighted by atomic mass is 16.5. The molecule has 0 aliphatic carbocycles. The molecule has 0 fully saturated rings. The van der Waals surface area contributed by atoms with Gasteiger partial charge in [0.1, 0.15) is 5.75 Å². The Hall–Kier alpha value is -2.82. The second kappa shape index (κ2) is 6.09. The van der Waals surface area contributed by atoms with Gasteiger partial charge in [0.2, 0.25) is 11.9 Å². The van der Waals surface area contributed by atoms with Crippen LogP contribution >= 0.6 is 0 Å². The monoisotopic (exact) mass is 281 g/mol. The van der Waals surface area contributed by atoms with Crippen molar-refractivity contribution in [3.8, 4) is 5.75 Å². The van der Waals surface area contributed by atoms with Crippen LogP contribution in [0.25, 0.3) is 5.52 Å². The Morgan fingerprint density at radius 3 is 2.81 bits per heavy atom. The van der Waals surface area contributed by atoms with Crippen LogP contribution in [-0.4, -0.2) is 21.9 Å². The minimum atomic E-state index is -0.123. The Morgan fingerprint density at radius 1 is 1.14 bits per heavy atom. The van der Waals surface area contributed by atoms with Crippen LogP contribution < -0.4 is 10.1 Å². The Kier molecular flexibility index (Phi) is 3.82. The van der Waals surface area contributed by atoms with Gasteiger partial charge in [0.15, 0.2) is 0 Å². The minimum absolute atomic E-state index is 0.123. The number of fused-ring (bicyclic) bond motifs is 1. The molecule has 1 amide bonds. The van der Waals surface area contributed by atoms with Gasteiger partial charge in [-0.3, -0.25) is 14.5 Å². The molecule has 1 N–H and O–H groups in total. The van der Waals surface area contributed by atoms with Crippen molar-refractivity contribution in [2.24, 2.45) is 0 Å². The summed E-state index contributed by atoms with van der Waals surface area (Å²) < 4.78 is 7.32. The van der Waals surface area contributed by atoms with E-state index in [9.17, 15) is 4.79 Å². The molecule has 0 unspecified atom stereocenters. The number of benzene rings is 1. The molecule has 0 atom stereocenters. The molecule has 106 valence electrons. The highest BCUT2D eigenvalue weighted by Crippen LogP contribution is 2.11. The van der Waals surface area contributed by atoms with E-state index in [0.717, 1.165) is 11.3 Å². The van der Waals surface area contributed by atoms with Crippen molar-refractivity contribution >= 4 is 17.4 Å². The lowest BCUT2D eigenvalue weighted by Gasteiger charge is -2.06. The number of hydrogen-bond acceptors (Lipinski definition) is 3. The lowest BCUT2D eigenvalue weighted by molar-refractivity contribution is -0.116. The lowest BCUT2D eigenvalue weighted by atomic mass is 10.3. The molecular formula is C16H15N3O2. The first kappa shape index (κ1) is 13.2. The lowest BCUT2D eigenvalue weighted by Crippen LogP contribution is -2.16. The molecule has 21 heavy (non-hydrogen) atoms. The van der Waals surface area contributed by atoms with E-state index in [0.29, 0.717) is 12.6 Å². The quantitative estimate of drug-likeness (QED) is 0.782. The zero-order chi connectivity index (χ0) is 14.5. The van der Waals surface area contributed by atoms with Crippen molar-refractivity contribution in [2.45, 2.75) is 6.42 Å². The SMILES string of the molecule is O=C(CCOc1ccccc1)Nc1ncc2ccccn12. The molecule has 0 bridgehead atoms. The van der Waals surface area contributed by atoms with Crippen LogP contribution in [0.4, 0.5) is 5.95 Å². The summed E-state index contributed by atoms with van der Waals surface area (Å²) in [6.45, 7) is 0.332. The van der Waals surface area contributed by atoms with Crippen molar-refractivity contribution < 1.29 is 9.53 Å². The number of hydrogen-bond donors (Lipinski definition) is 1. The maximum Gasteiger partial charge on any atom is 0.230 e. The Balaban J connectivity index is 1.55. The fourth-order valence-electron chi connectivity index (χ4n) is 2.00. The van der Waals surface area contributed by atoms with E-state index in [2.05, 4.69) is 10.3 Å². The van der Waals surface area contributed by atoms with Crippen molar-refractivity contribution in [1.82, 2.24) is 9.38 Å². The Labute approximate surface area is 122 Å². The maximum absolute atomic E-state index is 11.9. The first-order chi connectivity index (χ1) is 10.3. The molecule has 0 aliphatic heterocycles. The summed E-state index contributed by atoms with van der Waals surface area (Å²) in [4.78, 5) is 16.1. The van der Waals surface area contributed by atoms with Gasteiger partial charge >= 0.3 is 0 Å². The van der Waals surface area contributed by atoms with Gasteiger partial charge in [0.25, 0.3) is 0 Å². The number of imidazole rings is 1. The number of pyridine rings is 1. The smallest absolute Gasteiger partial charge is 0.230 e. The van der Waals surface area contributed by atoms with Crippen molar-refractivity contribution in [3.05, 3.63) is 60.9 Å². The number of para-hydroxylation sites is 1. The number of carbonyl (C=O) groups excluding carboxylic acids is 1. The molecular weight excluding hydrogens is 266 g/mol. The van der Waals surface area contributed by atoms with Crippen LogP contribution in [0.15, 0.2) is 60.9 Å². The zero-order valence-corrected chi connectivity index (χ0v) is 11.4. The molecule has 3 aromatic rings. The molecule has 0 aliphatic rings. The predicted molar refractivity (Wildman–Crippen MR) is 80.4 cm³/mol. The van der Waals surface area contributed by atoms with Crippen LogP contribution in [0.2, 0.25) is 0 Å². The zero-order valence-electron chi connectivity index (χ0n) is 11.4. The first-order valence-corrected chi connectivity index (χ1v) is 6.73. The molecule has 0 radical (unpaired) electrons. The minimum Gasteiger partial charge on any atom is -0.493 e. The second-order valence-corrected chi connectivity index (χ2v) is 4.54. The van der Waals surface area contributed by atoms with Gasteiger partial charge in [-0.2, -0.15) is 0 Å². The second-order valence-electron chi connectivity index (χ2n) is 4.54. The average Bonchev–Trinajstić information content (AvgIpc) is 2.92. The van der Waals surface area contributed by atoms with Crippen LogP contribution in [-0.2, 0) is 4.79 Å². The summed E-state index contributed by atoms with van der Waals surface area (Å²) in [5, 5.41) is 2.78. The molecule has 3 rings (SSSR count). The standard InChI is InChI=1S/C16H15N3O2/c20-15(9-11-21-14-7-2-1-3-8-14)18-16-17-12-13-6-4-5-10-19(13)16/h1-8,10,12H,9,11H2,(H,17,18,20). The largest absolute Gasteiger partial charge is 0.493 e. The van der Waals surface area contributed by atoms with E-state index >= 15 is 0 Å². The fourth-order valence-corrected chi connectivity index (χ4v) is 2.00.